The maximum absolute atomic E-state index is 6.08. The Morgan fingerprint density at radius 2 is 1.96 bits per heavy atom. The van der Waals surface area contributed by atoms with Crippen LogP contribution in [0.2, 0.25) is 5.02 Å². The number of ether oxygens (including phenoxy) is 1. The first-order valence-corrected chi connectivity index (χ1v) is 9.64. The summed E-state index contributed by atoms with van der Waals surface area (Å²) in [5, 5.41) is 4.19. The largest absolute Gasteiger partial charge is 0.497 e. The number of H-pyrrole nitrogens is 1. The van der Waals surface area contributed by atoms with Gasteiger partial charge in [-0.3, -0.25) is 4.99 Å². The highest BCUT2D eigenvalue weighted by Gasteiger charge is 2.34. The maximum atomic E-state index is 6.08. The minimum absolute atomic E-state index is 0.364. The van der Waals surface area contributed by atoms with Crippen LogP contribution < -0.4 is 10.1 Å². The van der Waals surface area contributed by atoms with E-state index in [1.54, 1.807) is 7.11 Å². The molecule has 0 unspecified atom stereocenters. The number of aromatic amines is 1. The number of hydrogen-bond acceptors (Lipinski definition) is 5. The monoisotopic (exact) mass is 393 g/mol. The summed E-state index contributed by atoms with van der Waals surface area (Å²) in [6.07, 6.45) is 1.91. The molecule has 1 aromatic heterocycles. The van der Waals surface area contributed by atoms with E-state index in [0.717, 1.165) is 59.3 Å². The predicted octanol–water partition coefficient (Wildman–Crippen LogP) is 3.62. The number of hydrogen-bond donors (Lipinski definition) is 2. The van der Waals surface area contributed by atoms with Crippen molar-refractivity contribution in [3.8, 4) is 5.75 Å². The standard InChI is InChI=1S/C21H20ClN5O/c1-28-16-5-2-13(3-6-16)19-21(24-9-8-23-19)27-11-14(12-27)20-25-17-7-4-15(22)10-18(17)26-20/h2-8,10,14,24H,9,11-12H2,1H3,(H,25,26). The van der Waals surface area contributed by atoms with Crippen LogP contribution in [0.3, 0.4) is 0 Å². The average Bonchev–Trinajstić information content (AvgIpc) is 3.10. The van der Waals surface area contributed by atoms with E-state index in [1.165, 1.54) is 0 Å². The highest BCUT2D eigenvalue weighted by molar-refractivity contribution is 6.31. The van der Waals surface area contributed by atoms with E-state index >= 15 is 0 Å². The van der Waals surface area contributed by atoms with E-state index in [4.69, 9.17) is 21.3 Å². The van der Waals surface area contributed by atoms with Gasteiger partial charge in [0.1, 0.15) is 23.1 Å². The summed E-state index contributed by atoms with van der Waals surface area (Å²) in [5.41, 5.74) is 3.97. The van der Waals surface area contributed by atoms with Gasteiger partial charge in [0.15, 0.2) is 0 Å². The van der Waals surface area contributed by atoms with E-state index in [-0.39, 0.29) is 0 Å². The van der Waals surface area contributed by atoms with Crippen molar-refractivity contribution < 1.29 is 4.74 Å². The lowest BCUT2D eigenvalue weighted by Crippen LogP contribution is -2.49. The second-order valence-electron chi connectivity index (χ2n) is 7.00. The van der Waals surface area contributed by atoms with Crippen LogP contribution in [-0.4, -0.2) is 47.8 Å². The third-order valence-electron chi connectivity index (χ3n) is 5.22. The summed E-state index contributed by atoms with van der Waals surface area (Å²) in [5.74, 6) is 3.29. The van der Waals surface area contributed by atoms with Crippen LogP contribution in [0.25, 0.3) is 16.7 Å². The van der Waals surface area contributed by atoms with Gasteiger partial charge in [-0.15, -0.1) is 0 Å². The Bertz CT molecular complexity index is 1080. The Balaban J connectivity index is 1.38. The number of aromatic nitrogens is 2. The molecule has 1 saturated heterocycles. The predicted molar refractivity (Wildman–Crippen MR) is 112 cm³/mol. The number of imidazole rings is 1. The third kappa shape index (κ3) is 2.99. The summed E-state index contributed by atoms with van der Waals surface area (Å²) >= 11 is 6.08. The summed E-state index contributed by atoms with van der Waals surface area (Å²) in [7, 11) is 1.67. The molecule has 3 heterocycles. The number of halogens is 1. The van der Waals surface area contributed by atoms with Crippen molar-refractivity contribution in [2.45, 2.75) is 5.92 Å². The number of methoxy groups -OCH3 is 1. The van der Waals surface area contributed by atoms with Gasteiger partial charge in [-0.25, -0.2) is 4.98 Å². The molecule has 0 bridgehead atoms. The Hall–Kier alpha value is -2.99. The zero-order chi connectivity index (χ0) is 19.1. The van der Waals surface area contributed by atoms with Crippen LogP contribution in [-0.2, 0) is 0 Å². The second-order valence-corrected chi connectivity index (χ2v) is 7.44. The fraction of sp³-hybridized carbons (Fsp3) is 0.238. The zero-order valence-corrected chi connectivity index (χ0v) is 16.2. The fourth-order valence-corrected chi connectivity index (χ4v) is 3.84. The fourth-order valence-electron chi connectivity index (χ4n) is 3.67. The molecule has 7 heteroatoms. The van der Waals surface area contributed by atoms with E-state index in [0.29, 0.717) is 10.9 Å². The first kappa shape index (κ1) is 17.1. The van der Waals surface area contributed by atoms with E-state index in [2.05, 4.69) is 20.2 Å². The lowest BCUT2D eigenvalue weighted by Gasteiger charge is -2.42. The lowest BCUT2D eigenvalue weighted by atomic mass is 9.98. The molecular weight excluding hydrogens is 374 g/mol. The first-order chi connectivity index (χ1) is 13.7. The summed E-state index contributed by atoms with van der Waals surface area (Å²) < 4.78 is 5.26. The molecule has 0 radical (unpaired) electrons. The van der Waals surface area contributed by atoms with Crippen LogP contribution in [0.1, 0.15) is 17.3 Å². The zero-order valence-electron chi connectivity index (χ0n) is 15.4. The van der Waals surface area contributed by atoms with E-state index in [9.17, 15) is 0 Å². The van der Waals surface area contributed by atoms with Gasteiger partial charge in [-0.05, 0) is 42.5 Å². The molecule has 6 nitrogen and oxygen atoms in total. The minimum atomic E-state index is 0.364. The summed E-state index contributed by atoms with van der Waals surface area (Å²) in [4.78, 5) is 15.1. The number of nitrogens with one attached hydrogen (secondary N) is 2. The highest BCUT2D eigenvalue weighted by Crippen LogP contribution is 2.33. The smallest absolute Gasteiger partial charge is 0.129 e. The Morgan fingerprint density at radius 3 is 2.75 bits per heavy atom. The van der Waals surface area contributed by atoms with Gasteiger partial charge in [0.25, 0.3) is 0 Å². The summed E-state index contributed by atoms with van der Waals surface area (Å²) in [6, 6.07) is 13.8. The van der Waals surface area contributed by atoms with Gasteiger partial charge in [0.05, 0.1) is 30.6 Å². The molecule has 2 aliphatic rings. The normalized spacial score (nSPS) is 17.0. The van der Waals surface area contributed by atoms with Crippen molar-refractivity contribution in [2.24, 2.45) is 4.99 Å². The van der Waals surface area contributed by atoms with Crippen LogP contribution in [0, 0.1) is 0 Å². The minimum Gasteiger partial charge on any atom is -0.497 e. The Kier molecular flexibility index (Phi) is 4.20. The molecule has 0 aliphatic carbocycles. The van der Waals surface area contributed by atoms with Crippen LogP contribution >= 0.6 is 11.6 Å². The molecule has 2 N–H and O–H groups in total. The van der Waals surface area contributed by atoms with Crippen molar-refractivity contribution in [3.05, 3.63) is 64.7 Å². The van der Waals surface area contributed by atoms with Gasteiger partial charge < -0.3 is 19.9 Å². The molecular formula is C21H20ClN5O. The number of aliphatic imine (C=N–C) groups is 1. The maximum Gasteiger partial charge on any atom is 0.129 e. The SMILES string of the molecule is COc1ccc(C2=C(N3CC(c4nc5cc(Cl)ccc5[nH]4)C3)NCC=N2)cc1. The molecule has 0 saturated carbocycles. The molecule has 142 valence electrons. The van der Waals surface area contributed by atoms with Crippen molar-refractivity contribution in [2.75, 3.05) is 26.7 Å². The molecule has 28 heavy (non-hydrogen) atoms. The van der Waals surface area contributed by atoms with Crippen molar-refractivity contribution in [1.29, 1.82) is 0 Å². The Labute approximate surface area is 167 Å². The number of nitrogens with zero attached hydrogens (tertiary/aromatic N) is 3. The number of rotatable bonds is 4. The van der Waals surface area contributed by atoms with Gasteiger partial charge >= 0.3 is 0 Å². The first-order valence-electron chi connectivity index (χ1n) is 9.26. The lowest BCUT2D eigenvalue weighted by molar-refractivity contribution is 0.182. The number of benzene rings is 2. The second kappa shape index (κ2) is 6.87. The van der Waals surface area contributed by atoms with Gasteiger partial charge in [-0.1, -0.05) is 11.6 Å². The quantitative estimate of drug-likeness (QED) is 0.710. The van der Waals surface area contributed by atoms with Crippen LogP contribution in [0.4, 0.5) is 0 Å². The van der Waals surface area contributed by atoms with Crippen molar-refractivity contribution in [3.63, 3.8) is 0 Å². The number of fused-ring (bicyclic) bond motifs is 1. The van der Waals surface area contributed by atoms with E-state index < -0.39 is 0 Å². The van der Waals surface area contributed by atoms with Crippen molar-refractivity contribution in [1.82, 2.24) is 20.2 Å². The molecule has 2 aromatic carbocycles. The molecule has 0 amide bonds. The van der Waals surface area contributed by atoms with Gasteiger partial charge in [0.2, 0.25) is 0 Å². The third-order valence-corrected chi connectivity index (χ3v) is 5.45. The summed E-state index contributed by atoms with van der Waals surface area (Å²) in [6.45, 7) is 2.52. The molecule has 1 fully saturated rings. The van der Waals surface area contributed by atoms with Crippen LogP contribution in [0.5, 0.6) is 5.75 Å². The average molecular weight is 394 g/mol. The number of likely N-dealkylation sites (tertiary alicyclic amines) is 1. The van der Waals surface area contributed by atoms with Crippen LogP contribution in [0.15, 0.2) is 53.3 Å². The molecule has 3 aromatic rings. The topological polar surface area (TPSA) is 65.5 Å². The van der Waals surface area contributed by atoms with Gasteiger partial charge in [0, 0.05) is 29.9 Å². The molecule has 2 aliphatic heterocycles. The Morgan fingerprint density at radius 1 is 1.14 bits per heavy atom. The van der Waals surface area contributed by atoms with Gasteiger partial charge in [-0.2, -0.15) is 0 Å². The van der Waals surface area contributed by atoms with E-state index in [1.807, 2.05) is 48.7 Å². The molecule has 5 rings (SSSR count). The highest BCUT2D eigenvalue weighted by atomic mass is 35.5. The molecule has 0 spiro atoms. The van der Waals surface area contributed by atoms with Crippen molar-refractivity contribution >= 4 is 34.5 Å². The molecule has 0 atom stereocenters.